The second-order valence-electron chi connectivity index (χ2n) is 7.15. The smallest absolute Gasteiger partial charge is 0.378 e. The largest absolute Gasteiger partial charge is 0.416 e. The van der Waals surface area contributed by atoms with Gasteiger partial charge in [0.15, 0.2) is 5.78 Å². The number of carbonyl (C=O) groups excluding carboxylic acids is 1. The first-order valence-corrected chi connectivity index (χ1v) is 8.05. The quantitative estimate of drug-likeness (QED) is 0.770. The number of aryl methyl sites for hydroxylation is 1. The van der Waals surface area contributed by atoms with Crippen molar-refractivity contribution in [1.29, 1.82) is 0 Å². The summed E-state index contributed by atoms with van der Waals surface area (Å²) in [4.78, 5) is 12.5. The molecule has 136 valence electrons. The van der Waals surface area contributed by atoms with Gasteiger partial charge in [-0.3, -0.25) is 4.79 Å². The summed E-state index contributed by atoms with van der Waals surface area (Å²) in [5.41, 5.74) is 1.81. The average Bonchev–Trinajstić information content (AvgIpc) is 2.79. The van der Waals surface area contributed by atoms with E-state index < -0.39 is 11.7 Å². The molecule has 0 saturated heterocycles. The van der Waals surface area contributed by atoms with Gasteiger partial charge in [-0.25, -0.2) is 0 Å². The van der Waals surface area contributed by atoms with E-state index in [1.54, 1.807) is 0 Å². The third kappa shape index (κ3) is 4.24. The molecule has 0 aliphatic rings. The molecule has 0 atom stereocenters. The van der Waals surface area contributed by atoms with E-state index in [-0.39, 0.29) is 23.6 Å². The molecule has 1 aromatic carbocycles. The van der Waals surface area contributed by atoms with E-state index in [9.17, 15) is 18.0 Å². The molecule has 0 amide bonds. The predicted octanol–water partition coefficient (Wildman–Crippen LogP) is 5.17. The van der Waals surface area contributed by atoms with Crippen LogP contribution in [0.25, 0.3) is 0 Å². The van der Waals surface area contributed by atoms with Crippen molar-refractivity contribution in [3.8, 4) is 0 Å². The molecule has 1 aromatic heterocycles. The standard InChI is InChI=1S/C19H23F3N2O/c1-12-9-16(13(2)24(12)18(3,4)5)17(25)11-23-15-8-6-7-14(10-15)19(20,21)22/h6-10,23H,11H2,1-5H3. The summed E-state index contributed by atoms with van der Waals surface area (Å²) in [5.74, 6) is -0.152. The van der Waals surface area contributed by atoms with E-state index in [4.69, 9.17) is 0 Å². The van der Waals surface area contributed by atoms with Gasteiger partial charge in [-0.1, -0.05) is 6.07 Å². The van der Waals surface area contributed by atoms with Crippen molar-refractivity contribution in [3.05, 3.63) is 52.8 Å². The third-order valence-electron chi connectivity index (χ3n) is 4.05. The number of alkyl halides is 3. The molecule has 6 heteroatoms. The van der Waals surface area contributed by atoms with Gasteiger partial charge >= 0.3 is 6.18 Å². The molecule has 3 nitrogen and oxygen atoms in total. The Morgan fingerprint density at radius 2 is 1.76 bits per heavy atom. The Labute approximate surface area is 145 Å². The van der Waals surface area contributed by atoms with E-state index in [1.165, 1.54) is 12.1 Å². The SMILES string of the molecule is Cc1cc(C(=O)CNc2cccc(C(F)(F)F)c2)c(C)n1C(C)(C)C. The summed E-state index contributed by atoms with van der Waals surface area (Å²) >= 11 is 0. The number of halogens is 3. The zero-order chi connectivity index (χ0) is 19.0. The van der Waals surface area contributed by atoms with Gasteiger partial charge in [0, 0.05) is 28.2 Å². The molecular weight excluding hydrogens is 329 g/mol. The number of nitrogens with zero attached hydrogens (tertiary/aromatic N) is 1. The van der Waals surface area contributed by atoms with Crippen LogP contribution < -0.4 is 5.32 Å². The normalized spacial score (nSPS) is 12.3. The molecule has 0 unspecified atom stereocenters. The number of ketones is 1. The molecule has 2 aromatic rings. The highest BCUT2D eigenvalue weighted by atomic mass is 19.4. The van der Waals surface area contributed by atoms with E-state index in [0.717, 1.165) is 23.5 Å². The van der Waals surface area contributed by atoms with Gasteiger partial charge in [0.1, 0.15) is 0 Å². The van der Waals surface area contributed by atoms with Gasteiger partial charge in [0.05, 0.1) is 12.1 Å². The van der Waals surface area contributed by atoms with Gasteiger partial charge in [-0.15, -0.1) is 0 Å². The summed E-state index contributed by atoms with van der Waals surface area (Å²) in [6.07, 6.45) is -4.40. The van der Waals surface area contributed by atoms with Crippen molar-refractivity contribution >= 4 is 11.5 Å². The molecule has 25 heavy (non-hydrogen) atoms. The number of nitrogens with one attached hydrogen (secondary N) is 1. The molecule has 1 heterocycles. The lowest BCUT2D eigenvalue weighted by atomic mass is 10.1. The summed E-state index contributed by atoms with van der Waals surface area (Å²) in [6.45, 7) is 9.94. The number of hydrogen-bond donors (Lipinski definition) is 1. The van der Waals surface area contributed by atoms with Crippen molar-refractivity contribution < 1.29 is 18.0 Å². The maximum Gasteiger partial charge on any atom is 0.416 e. The minimum atomic E-state index is -4.40. The lowest BCUT2D eigenvalue weighted by molar-refractivity contribution is -0.137. The Kier molecular flexibility index (Phi) is 5.02. The fourth-order valence-electron chi connectivity index (χ4n) is 3.16. The van der Waals surface area contributed by atoms with Crippen LogP contribution in [0.5, 0.6) is 0 Å². The minimum Gasteiger partial charge on any atom is -0.378 e. The number of carbonyl (C=O) groups is 1. The molecule has 0 saturated carbocycles. The van der Waals surface area contributed by atoms with Gasteiger partial charge in [0.25, 0.3) is 0 Å². The van der Waals surface area contributed by atoms with Gasteiger partial charge in [-0.2, -0.15) is 13.2 Å². The number of benzene rings is 1. The molecule has 0 bridgehead atoms. The molecule has 0 aliphatic heterocycles. The van der Waals surface area contributed by atoms with E-state index in [0.29, 0.717) is 5.56 Å². The lowest BCUT2D eigenvalue weighted by Crippen LogP contribution is -2.24. The first-order chi connectivity index (χ1) is 11.4. The molecule has 0 spiro atoms. The van der Waals surface area contributed by atoms with Crippen LogP contribution in [0, 0.1) is 13.8 Å². The second kappa shape index (κ2) is 6.58. The number of rotatable bonds is 4. The van der Waals surface area contributed by atoms with Crippen LogP contribution in [-0.4, -0.2) is 16.9 Å². The van der Waals surface area contributed by atoms with Crippen molar-refractivity contribution in [2.24, 2.45) is 0 Å². The molecule has 0 aliphatic carbocycles. The Morgan fingerprint density at radius 3 is 2.28 bits per heavy atom. The summed E-state index contributed by atoms with van der Waals surface area (Å²) in [7, 11) is 0. The second-order valence-corrected chi connectivity index (χ2v) is 7.15. The average molecular weight is 352 g/mol. The van der Waals surface area contributed by atoms with Crippen LogP contribution in [0.15, 0.2) is 30.3 Å². The van der Waals surface area contributed by atoms with Crippen molar-refractivity contribution in [2.75, 3.05) is 11.9 Å². The molecule has 2 rings (SSSR count). The van der Waals surface area contributed by atoms with Gasteiger partial charge in [-0.05, 0) is 58.9 Å². The monoisotopic (exact) mass is 352 g/mol. The highest BCUT2D eigenvalue weighted by Crippen LogP contribution is 2.30. The van der Waals surface area contributed by atoms with Crippen molar-refractivity contribution in [2.45, 2.75) is 46.3 Å². The van der Waals surface area contributed by atoms with E-state index in [1.807, 2.05) is 19.9 Å². The van der Waals surface area contributed by atoms with Crippen LogP contribution in [0.3, 0.4) is 0 Å². The molecule has 0 radical (unpaired) electrons. The topological polar surface area (TPSA) is 34.0 Å². The summed E-state index contributed by atoms with van der Waals surface area (Å²) in [5, 5.41) is 2.79. The zero-order valence-corrected chi connectivity index (χ0v) is 15.1. The molecule has 1 N–H and O–H groups in total. The predicted molar refractivity (Wildman–Crippen MR) is 93.2 cm³/mol. The maximum absolute atomic E-state index is 12.7. The Morgan fingerprint density at radius 1 is 1.12 bits per heavy atom. The third-order valence-corrected chi connectivity index (χ3v) is 4.05. The van der Waals surface area contributed by atoms with Crippen LogP contribution >= 0.6 is 0 Å². The van der Waals surface area contributed by atoms with E-state index >= 15 is 0 Å². The number of Topliss-reactive ketones (excluding diaryl/α,β-unsaturated/α-hetero) is 1. The first kappa shape index (κ1) is 19.1. The van der Waals surface area contributed by atoms with Gasteiger partial charge in [0.2, 0.25) is 0 Å². The summed E-state index contributed by atoms with van der Waals surface area (Å²) in [6, 6.07) is 6.68. The highest BCUT2D eigenvalue weighted by Gasteiger charge is 2.30. The van der Waals surface area contributed by atoms with Crippen LogP contribution in [0.4, 0.5) is 18.9 Å². The summed E-state index contributed by atoms with van der Waals surface area (Å²) < 4.78 is 40.3. The molecule has 0 fully saturated rings. The number of hydrogen-bond acceptors (Lipinski definition) is 2. The van der Waals surface area contributed by atoms with E-state index in [2.05, 4.69) is 30.7 Å². The highest BCUT2D eigenvalue weighted by molar-refractivity contribution is 6.00. The Hall–Kier alpha value is -2.24. The number of anilines is 1. The first-order valence-electron chi connectivity index (χ1n) is 8.05. The fraction of sp³-hybridized carbons (Fsp3) is 0.421. The molecular formula is C19H23F3N2O. The lowest BCUT2D eigenvalue weighted by Gasteiger charge is -2.25. The van der Waals surface area contributed by atoms with Crippen molar-refractivity contribution in [3.63, 3.8) is 0 Å². The fourth-order valence-corrected chi connectivity index (χ4v) is 3.16. The van der Waals surface area contributed by atoms with Crippen LogP contribution in [-0.2, 0) is 11.7 Å². The number of aromatic nitrogens is 1. The van der Waals surface area contributed by atoms with Gasteiger partial charge < -0.3 is 9.88 Å². The van der Waals surface area contributed by atoms with Crippen LogP contribution in [0.2, 0.25) is 0 Å². The van der Waals surface area contributed by atoms with Crippen molar-refractivity contribution in [1.82, 2.24) is 4.57 Å². The maximum atomic E-state index is 12.7. The zero-order valence-electron chi connectivity index (χ0n) is 15.1. The minimum absolute atomic E-state index is 0.0598. The Balaban J connectivity index is 2.17. The van der Waals surface area contributed by atoms with Crippen LogP contribution in [0.1, 0.15) is 48.1 Å². The Bertz CT molecular complexity index is 783.